The van der Waals surface area contributed by atoms with Crippen LogP contribution in [0, 0.1) is 23.0 Å². The number of hydrogen-bond donors (Lipinski definition) is 2. The molecular weight excluding hydrogens is 671 g/mol. The van der Waals surface area contributed by atoms with Crippen molar-refractivity contribution in [3.63, 3.8) is 0 Å². The van der Waals surface area contributed by atoms with Gasteiger partial charge in [0, 0.05) is 45.5 Å². The number of H-pyrrole nitrogens is 1. The van der Waals surface area contributed by atoms with Gasteiger partial charge in [0.15, 0.2) is 33.1 Å². The Kier molecular flexibility index (Phi) is 9.20. The number of nitrogens with one attached hydrogen (secondary N) is 1. The van der Waals surface area contributed by atoms with E-state index in [9.17, 15) is 18.3 Å². The van der Waals surface area contributed by atoms with E-state index in [4.69, 9.17) is 14.8 Å². The second-order valence-corrected chi connectivity index (χ2v) is 17.5. The Morgan fingerprint density at radius 3 is 2.65 bits per heavy atom. The second-order valence-electron chi connectivity index (χ2n) is 14.1. The quantitative estimate of drug-likeness (QED) is 0.195. The van der Waals surface area contributed by atoms with E-state index in [1.54, 1.807) is 26.2 Å². The summed E-state index contributed by atoms with van der Waals surface area (Å²) in [7, 11) is -1.90. The van der Waals surface area contributed by atoms with Crippen LogP contribution in [0.5, 0.6) is 11.5 Å². The smallest absolute Gasteiger partial charge is 0.306 e. The van der Waals surface area contributed by atoms with Crippen molar-refractivity contribution in [2.45, 2.75) is 65.2 Å². The Labute approximate surface area is 288 Å². The third-order valence-electron chi connectivity index (χ3n) is 9.46. The number of ether oxygens (including phenoxy) is 1. The van der Waals surface area contributed by atoms with Crippen LogP contribution >= 0.6 is 11.3 Å². The lowest BCUT2D eigenvalue weighted by atomic mass is 9.79. The van der Waals surface area contributed by atoms with Gasteiger partial charge in [-0.1, -0.05) is 27.2 Å². The molecule has 6 rings (SSSR count). The summed E-state index contributed by atoms with van der Waals surface area (Å²) in [6.07, 6.45) is 3.86. The number of hydrogen-bond acceptors (Lipinski definition) is 7. The molecule has 2 atom stereocenters. The van der Waals surface area contributed by atoms with Crippen LogP contribution in [0.25, 0.3) is 22.3 Å². The molecule has 9 nitrogen and oxygen atoms in total. The third-order valence-corrected chi connectivity index (χ3v) is 12.9. The Hall–Kier alpha value is -4.10. The molecule has 0 amide bonds. The fourth-order valence-electron chi connectivity index (χ4n) is 6.73. The molecule has 1 aliphatic rings. The molecule has 5 aromatic rings. The topological polar surface area (TPSA) is 127 Å². The number of carboxylic acid groups (broad SMARTS) is 1. The number of aromatic amines is 1. The molecule has 2 N–H and O–H groups in total. The monoisotopic (exact) mass is 710 g/mol. The maximum Gasteiger partial charge on any atom is 0.306 e. The normalized spacial score (nSPS) is 20.1. The molecule has 1 aliphatic heterocycles. The molecule has 1 unspecified atom stereocenters. The van der Waals surface area contributed by atoms with Crippen molar-refractivity contribution in [3.05, 3.63) is 81.4 Å². The van der Waals surface area contributed by atoms with Gasteiger partial charge in [-0.25, -0.2) is 26.9 Å². The highest BCUT2D eigenvalue weighted by atomic mass is 32.2. The highest BCUT2D eigenvalue weighted by Gasteiger charge is 2.37. The van der Waals surface area contributed by atoms with Gasteiger partial charge in [-0.3, -0.25) is 4.79 Å². The molecule has 3 aromatic heterocycles. The number of halogens is 2. The molecule has 4 bridgehead atoms. The number of carboxylic acids is 1. The molecule has 0 spiro atoms. The Balaban J connectivity index is 1.48. The molecule has 13 heteroatoms. The van der Waals surface area contributed by atoms with Crippen LogP contribution in [-0.2, 0) is 39.9 Å². The predicted molar refractivity (Wildman–Crippen MR) is 186 cm³/mol. The van der Waals surface area contributed by atoms with Gasteiger partial charge in [-0.05, 0) is 74.4 Å². The summed E-state index contributed by atoms with van der Waals surface area (Å²) in [5.74, 6) is -2.18. The van der Waals surface area contributed by atoms with E-state index in [-0.39, 0.29) is 40.8 Å². The fraction of sp³-hybridized carbons (Fsp3) is 0.417. The Morgan fingerprint density at radius 2 is 1.90 bits per heavy atom. The number of fused-ring (bicyclic) bond motifs is 8. The Bertz CT molecular complexity index is 2150. The van der Waals surface area contributed by atoms with Gasteiger partial charge in [-0.15, -0.1) is 11.3 Å². The number of aliphatic carboxylic acids is 1. The average molecular weight is 711 g/mol. The average Bonchev–Trinajstić information content (AvgIpc) is 3.77. The lowest BCUT2D eigenvalue weighted by molar-refractivity contribution is -0.141. The SMILES string of the molecule is C[C@H](Cc1ccc(C2(C)CCCC(C)(C)CS(=O)(=O)CCc3c(c(F)cc4[nH]ccc34)Oc3ccc(F)c(c3)-c3nc2nn3C)s1)C(=O)O. The molecule has 49 heavy (non-hydrogen) atoms. The van der Waals surface area contributed by atoms with Crippen LogP contribution in [0.1, 0.15) is 68.1 Å². The van der Waals surface area contributed by atoms with E-state index >= 15 is 8.78 Å². The molecule has 0 fully saturated rings. The lowest BCUT2D eigenvalue weighted by Gasteiger charge is -2.29. The summed E-state index contributed by atoms with van der Waals surface area (Å²) in [4.78, 5) is 21.3. The van der Waals surface area contributed by atoms with E-state index in [2.05, 4.69) is 4.98 Å². The minimum Gasteiger partial charge on any atom is -0.481 e. The standard InChI is InChI=1S/C36H40F2N4O5S2/c1-21(33(43)44)17-23-8-10-30(48-23)36(4)14-6-13-35(2,3)20-49(45,46)16-12-25-24-11-15-39-29(24)19-28(38)31(25)47-22-7-9-27(37)26(18-22)32-40-34(36)41-42(32)5/h7-11,15,18-19,21,39H,6,12-14,16-17,20H2,1-5H3,(H,43,44)/t21-,36?/m1/s1. The number of thiophene rings is 1. The van der Waals surface area contributed by atoms with E-state index in [0.29, 0.717) is 48.0 Å². The van der Waals surface area contributed by atoms with Crippen LogP contribution in [0.2, 0.25) is 0 Å². The van der Waals surface area contributed by atoms with Crippen molar-refractivity contribution < 1.29 is 31.8 Å². The summed E-state index contributed by atoms with van der Waals surface area (Å²) in [6.45, 7) is 7.55. The number of aryl methyl sites for hydroxylation is 2. The molecule has 4 heterocycles. The largest absolute Gasteiger partial charge is 0.481 e. The molecule has 0 saturated carbocycles. The second kappa shape index (κ2) is 13.0. The number of rotatable bonds is 4. The molecule has 2 aromatic carbocycles. The van der Waals surface area contributed by atoms with Gasteiger partial charge in [0.25, 0.3) is 0 Å². The van der Waals surface area contributed by atoms with Crippen molar-refractivity contribution in [3.8, 4) is 22.9 Å². The minimum absolute atomic E-state index is 0.0276. The summed E-state index contributed by atoms with van der Waals surface area (Å²) < 4.78 is 66.0. The van der Waals surface area contributed by atoms with Crippen LogP contribution in [0.15, 0.2) is 48.7 Å². The van der Waals surface area contributed by atoms with Gasteiger partial charge in [-0.2, -0.15) is 5.10 Å². The summed E-state index contributed by atoms with van der Waals surface area (Å²) in [5.41, 5.74) is -0.285. The highest BCUT2D eigenvalue weighted by molar-refractivity contribution is 7.91. The van der Waals surface area contributed by atoms with Crippen LogP contribution < -0.4 is 4.74 Å². The maximum absolute atomic E-state index is 15.6. The van der Waals surface area contributed by atoms with Crippen LogP contribution in [0.4, 0.5) is 8.78 Å². The summed E-state index contributed by atoms with van der Waals surface area (Å²) in [5, 5.41) is 14.9. The lowest BCUT2D eigenvalue weighted by Crippen LogP contribution is -2.29. The van der Waals surface area contributed by atoms with E-state index in [0.717, 1.165) is 9.75 Å². The van der Waals surface area contributed by atoms with Crippen molar-refractivity contribution in [1.29, 1.82) is 0 Å². The first kappa shape index (κ1) is 34.8. The first-order chi connectivity index (χ1) is 23.0. The first-order valence-electron chi connectivity index (χ1n) is 16.3. The Morgan fingerprint density at radius 1 is 1.12 bits per heavy atom. The molecule has 260 valence electrons. The molecular formula is C36H40F2N4O5S2. The molecule has 0 radical (unpaired) electrons. The van der Waals surface area contributed by atoms with Gasteiger partial charge in [0.05, 0.1) is 28.4 Å². The van der Waals surface area contributed by atoms with Gasteiger partial charge < -0.3 is 14.8 Å². The molecule has 0 aliphatic carbocycles. The van der Waals surface area contributed by atoms with E-state index in [1.807, 2.05) is 32.9 Å². The minimum atomic E-state index is -3.58. The predicted octanol–water partition coefficient (Wildman–Crippen LogP) is 7.83. The highest BCUT2D eigenvalue weighted by Crippen LogP contribution is 2.43. The van der Waals surface area contributed by atoms with Gasteiger partial charge in [0.2, 0.25) is 0 Å². The zero-order chi connectivity index (χ0) is 35.3. The number of benzene rings is 2. The van der Waals surface area contributed by atoms with Crippen LogP contribution in [-0.4, -0.2) is 50.7 Å². The number of carbonyl (C=O) groups is 1. The van der Waals surface area contributed by atoms with Crippen molar-refractivity contribution in [1.82, 2.24) is 19.7 Å². The molecule has 0 saturated heterocycles. The van der Waals surface area contributed by atoms with Crippen LogP contribution in [0.3, 0.4) is 0 Å². The first-order valence-corrected chi connectivity index (χ1v) is 18.9. The number of sulfone groups is 1. The van der Waals surface area contributed by atoms with E-state index < -0.39 is 44.2 Å². The van der Waals surface area contributed by atoms with Gasteiger partial charge >= 0.3 is 5.97 Å². The number of aromatic nitrogens is 4. The van der Waals surface area contributed by atoms with Gasteiger partial charge in [0.1, 0.15) is 11.6 Å². The zero-order valence-electron chi connectivity index (χ0n) is 28.1. The van der Waals surface area contributed by atoms with Crippen molar-refractivity contribution >= 4 is 38.0 Å². The van der Waals surface area contributed by atoms with Crippen molar-refractivity contribution in [2.24, 2.45) is 18.4 Å². The third kappa shape index (κ3) is 7.14. The fourth-order valence-corrected chi connectivity index (χ4v) is 10.0. The summed E-state index contributed by atoms with van der Waals surface area (Å²) in [6, 6.07) is 11.0. The zero-order valence-corrected chi connectivity index (χ0v) is 29.8. The van der Waals surface area contributed by atoms with Crippen molar-refractivity contribution in [2.75, 3.05) is 11.5 Å². The summed E-state index contributed by atoms with van der Waals surface area (Å²) >= 11 is 1.50. The van der Waals surface area contributed by atoms with E-state index in [1.165, 1.54) is 40.3 Å². The maximum atomic E-state index is 15.6. The number of nitrogens with zero attached hydrogens (tertiary/aromatic N) is 3.